The Balaban J connectivity index is 2.47. The maximum Gasteiger partial charge on any atom is 0.339 e. The van der Waals surface area contributed by atoms with Crippen LogP contribution in [0.2, 0.25) is 0 Å². The summed E-state index contributed by atoms with van der Waals surface area (Å²) >= 11 is 0. The normalized spacial score (nSPS) is 11.6. The van der Waals surface area contributed by atoms with Crippen LogP contribution >= 0.6 is 7.60 Å². The monoisotopic (exact) mass is 217 g/mol. The summed E-state index contributed by atoms with van der Waals surface area (Å²) in [6.45, 7) is 0.234. The summed E-state index contributed by atoms with van der Waals surface area (Å²) < 4.78 is 10.5. The standard InChI is InChI=1S/C8H12NO4P/c10-8-4-2-1-3-7(8)5-9-6-14(11,12)13/h1-4,9-10H,5-6H2,(H2,11,12,13). The lowest BCUT2D eigenvalue weighted by molar-refractivity contribution is 0.367. The highest BCUT2D eigenvalue weighted by Gasteiger charge is 2.11. The predicted octanol–water partition coefficient (Wildman–Crippen LogP) is 0.617. The van der Waals surface area contributed by atoms with Crippen LogP contribution in [0.4, 0.5) is 0 Å². The maximum absolute atomic E-state index is 10.5. The molecular formula is C8H12NO4P. The topological polar surface area (TPSA) is 89.8 Å². The molecule has 0 fully saturated rings. The Hall–Kier alpha value is -0.870. The quantitative estimate of drug-likeness (QED) is 0.555. The molecule has 0 atom stereocenters. The van der Waals surface area contributed by atoms with E-state index in [-0.39, 0.29) is 18.6 Å². The molecule has 1 rings (SSSR count). The lowest BCUT2D eigenvalue weighted by Crippen LogP contribution is -2.14. The molecule has 0 saturated carbocycles. The van der Waals surface area contributed by atoms with Crippen molar-refractivity contribution in [3.8, 4) is 5.75 Å². The molecule has 4 N–H and O–H groups in total. The molecule has 0 amide bonds. The molecule has 14 heavy (non-hydrogen) atoms. The Morgan fingerprint density at radius 3 is 2.50 bits per heavy atom. The van der Waals surface area contributed by atoms with Gasteiger partial charge in [0.25, 0.3) is 0 Å². The third-order valence-corrected chi connectivity index (χ3v) is 2.26. The SMILES string of the molecule is O=P(O)(O)CNCc1ccccc1O. The van der Waals surface area contributed by atoms with Gasteiger partial charge in [0, 0.05) is 12.1 Å². The van der Waals surface area contributed by atoms with Crippen LogP contribution in [0.3, 0.4) is 0 Å². The summed E-state index contributed by atoms with van der Waals surface area (Å²) in [5.74, 6) is 0.116. The second-order valence-corrected chi connectivity index (χ2v) is 4.52. The summed E-state index contributed by atoms with van der Waals surface area (Å²) in [4.78, 5) is 17.1. The molecule has 0 bridgehead atoms. The van der Waals surface area contributed by atoms with Crippen molar-refractivity contribution in [1.82, 2.24) is 5.32 Å². The van der Waals surface area contributed by atoms with Crippen molar-refractivity contribution < 1.29 is 19.5 Å². The second kappa shape index (κ2) is 4.57. The molecule has 0 heterocycles. The Morgan fingerprint density at radius 2 is 1.93 bits per heavy atom. The van der Waals surface area contributed by atoms with Crippen molar-refractivity contribution in [2.45, 2.75) is 6.54 Å². The highest BCUT2D eigenvalue weighted by molar-refractivity contribution is 7.51. The highest BCUT2D eigenvalue weighted by atomic mass is 31.2. The molecule has 0 radical (unpaired) electrons. The third-order valence-electron chi connectivity index (χ3n) is 1.62. The van der Waals surface area contributed by atoms with Gasteiger partial charge in [-0.1, -0.05) is 18.2 Å². The van der Waals surface area contributed by atoms with Gasteiger partial charge in [-0.05, 0) is 6.07 Å². The van der Waals surface area contributed by atoms with Gasteiger partial charge in [-0.15, -0.1) is 0 Å². The van der Waals surface area contributed by atoms with Gasteiger partial charge in [-0.25, -0.2) is 0 Å². The van der Waals surface area contributed by atoms with Crippen LogP contribution in [0.5, 0.6) is 5.75 Å². The van der Waals surface area contributed by atoms with Gasteiger partial charge in [0.1, 0.15) is 5.75 Å². The summed E-state index contributed by atoms with van der Waals surface area (Å²) in [5, 5.41) is 11.9. The molecule has 6 heteroatoms. The van der Waals surface area contributed by atoms with Gasteiger partial charge in [0.15, 0.2) is 0 Å². The first-order valence-electron chi connectivity index (χ1n) is 4.01. The third kappa shape index (κ3) is 3.89. The Kier molecular flexibility index (Phi) is 3.66. The number of phenolic OH excluding ortho intramolecular Hbond substituents is 1. The largest absolute Gasteiger partial charge is 0.508 e. The molecule has 0 aliphatic rings. The van der Waals surface area contributed by atoms with Crippen molar-refractivity contribution in [3.05, 3.63) is 29.8 Å². The summed E-state index contributed by atoms with van der Waals surface area (Å²) in [6, 6.07) is 6.63. The van der Waals surface area contributed by atoms with Crippen LogP contribution in [0.25, 0.3) is 0 Å². The van der Waals surface area contributed by atoms with Crippen molar-refractivity contribution in [2.24, 2.45) is 0 Å². The van der Waals surface area contributed by atoms with Crippen LogP contribution in [0.1, 0.15) is 5.56 Å². The zero-order chi connectivity index (χ0) is 10.6. The fraction of sp³-hybridized carbons (Fsp3) is 0.250. The lowest BCUT2D eigenvalue weighted by Gasteiger charge is -2.07. The first-order chi connectivity index (χ1) is 6.49. The lowest BCUT2D eigenvalue weighted by atomic mass is 10.2. The fourth-order valence-corrected chi connectivity index (χ4v) is 1.40. The second-order valence-electron chi connectivity index (χ2n) is 2.88. The smallest absolute Gasteiger partial charge is 0.339 e. The van der Waals surface area contributed by atoms with Gasteiger partial charge in [-0.3, -0.25) is 4.57 Å². The average Bonchev–Trinajstić information content (AvgIpc) is 2.06. The molecule has 1 aromatic rings. The molecule has 0 unspecified atom stereocenters. The summed E-state index contributed by atoms with van der Waals surface area (Å²) in [6.07, 6.45) is -0.388. The van der Waals surface area contributed by atoms with E-state index in [9.17, 15) is 9.67 Å². The minimum absolute atomic E-state index is 0.116. The van der Waals surface area contributed by atoms with E-state index in [1.54, 1.807) is 18.2 Å². The Morgan fingerprint density at radius 1 is 1.29 bits per heavy atom. The molecule has 5 nitrogen and oxygen atoms in total. The maximum atomic E-state index is 10.5. The predicted molar refractivity (Wildman–Crippen MR) is 51.9 cm³/mol. The zero-order valence-corrected chi connectivity index (χ0v) is 8.32. The minimum atomic E-state index is -4.01. The molecule has 0 spiro atoms. The van der Waals surface area contributed by atoms with Crippen LogP contribution in [-0.4, -0.2) is 21.2 Å². The number of phenols is 1. The molecule has 0 aliphatic carbocycles. The van der Waals surface area contributed by atoms with Gasteiger partial charge >= 0.3 is 7.60 Å². The van der Waals surface area contributed by atoms with Crippen molar-refractivity contribution in [2.75, 3.05) is 6.29 Å². The van der Waals surface area contributed by atoms with E-state index >= 15 is 0 Å². The first kappa shape index (κ1) is 11.2. The van der Waals surface area contributed by atoms with Crippen molar-refractivity contribution >= 4 is 7.60 Å². The Labute approximate surface area is 81.6 Å². The van der Waals surface area contributed by atoms with Gasteiger partial charge < -0.3 is 20.2 Å². The first-order valence-corrected chi connectivity index (χ1v) is 5.81. The van der Waals surface area contributed by atoms with E-state index in [4.69, 9.17) is 9.79 Å². The van der Waals surface area contributed by atoms with Crippen LogP contribution in [-0.2, 0) is 11.1 Å². The number of nitrogens with one attached hydrogen (secondary N) is 1. The van der Waals surface area contributed by atoms with Crippen molar-refractivity contribution in [1.29, 1.82) is 0 Å². The molecule has 78 valence electrons. The van der Waals surface area contributed by atoms with E-state index in [0.717, 1.165) is 0 Å². The number of para-hydroxylation sites is 1. The highest BCUT2D eigenvalue weighted by Crippen LogP contribution is 2.32. The van der Waals surface area contributed by atoms with Gasteiger partial charge in [-0.2, -0.15) is 0 Å². The average molecular weight is 217 g/mol. The summed E-state index contributed by atoms with van der Waals surface area (Å²) in [5.41, 5.74) is 0.612. The number of aromatic hydroxyl groups is 1. The molecule has 1 aromatic carbocycles. The van der Waals surface area contributed by atoms with E-state index < -0.39 is 7.60 Å². The van der Waals surface area contributed by atoms with Crippen molar-refractivity contribution in [3.63, 3.8) is 0 Å². The number of rotatable bonds is 4. The van der Waals surface area contributed by atoms with Gasteiger partial charge in [0.05, 0.1) is 6.29 Å². The van der Waals surface area contributed by atoms with Gasteiger partial charge in [0.2, 0.25) is 0 Å². The van der Waals surface area contributed by atoms with E-state index in [1.165, 1.54) is 6.07 Å². The van der Waals surface area contributed by atoms with E-state index in [2.05, 4.69) is 5.32 Å². The molecule has 0 aliphatic heterocycles. The number of hydrogen-bond donors (Lipinski definition) is 4. The molecule has 0 saturated heterocycles. The van der Waals surface area contributed by atoms with E-state index in [1.807, 2.05) is 0 Å². The Bertz CT molecular complexity index is 349. The number of hydrogen-bond acceptors (Lipinski definition) is 3. The zero-order valence-electron chi connectivity index (χ0n) is 7.42. The fourth-order valence-electron chi connectivity index (χ4n) is 0.997. The van der Waals surface area contributed by atoms with Crippen LogP contribution in [0, 0.1) is 0 Å². The van der Waals surface area contributed by atoms with Crippen LogP contribution < -0.4 is 5.32 Å². The summed E-state index contributed by atoms with van der Waals surface area (Å²) in [7, 11) is -4.01. The van der Waals surface area contributed by atoms with E-state index in [0.29, 0.717) is 5.56 Å². The minimum Gasteiger partial charge on any atom is -0.508 e. The van der Waals surface area contributed by atoms with Crippen LogP contribution in [0.15, 0.2) is 24.3 Å². The molecule has 0 aromatic heterocycles. The number of benzene rings is 1. The molecular weight excluding hydrogens is 205 g/mol.